The Morgan fingerprint density at radius 2 is 1.46 bits per heavy atom. The van der Waals surface area contributed by atoms with Gasteiger partial charge in [0.1, 0.15) is 0 Å². The van der Waals surface area contributed by atoms with Gasteiger partial charge in [0.05, 0.1) is 23.4 Å². The quantitative estimate of drug-likeness (QED) is 0.509. The number of hydroxylamine groups is 2. The van der Waals surface area contributed by atoms with Crippen molar-refractivity contribution in [1.82, 2.24) is 5.06 Å². The second kappa shape index (κ2) is 9.83. The van der Waals surface area contributed by atoms with E-state index in [0.29, 0.717) is 12.2 Å². The van der Waals surface area contributed by atoms with Crippen LogP contribution in [0.1, 0.15) is 73.6 Å². The molecule has 1 aliphatic carbocycles. The van der Waals surface area contributed by atoms with Crippen LogP contribution in [-0.4, -0.2) is 61.4 Å². The maximum absolute atomic E-state index is 5.92. The number of hydrogen-bond donors (Lipinski definition) is 0. The zero-order valence-corrected chi connectivity index (χ0v) is 17.9. The molecule has 0 bridgehead atoms. The Morgan fingerprint density at radius 1 is 0.808 bits per heavy atom. The molecule has 0 N–H and O–H groups in total. The highest BCUT2D eigenvalue weighted by Gasteiger charge is 2.33. The van der Waals surface area contributed by atoms with Crippen molar-refractivity contribution in [1.29, 1.82) is 0 Å². The van der Waals surface area contributed by atoms with Crippen molar-refractivity contribution in [3.8, 4) is 0 Å². The van der Waals surface area contributed by atoms with Crippen LogP contribution in [-0.2, 0) is 19.0 Å². The van der Waals surface area contributed by atoms with Crippen molar-refractivity contribution in [2.75, 3.05) is 32.9 Å². The summed E-state index contributed by atoms with van der Waals surface area (Å²) in [7, 11) is 0. The minimum atomic E-state index is -0.0733. The monoisotopic (exact) mass is 371 g/mol. The predicted octanol–water partition coefficient (Wildman–Crippen LogP) is 4.20. The third-order valence-corrected chi connectivity index (χ3v) is 4.59. The standard InChI is InChI=1S/C21H41NO4/c1-20(2,3)25-19-13-18(14-19)24-12-8-11-23-10-7-9-17-15-22(16-17)26-21(4,5)6/h17-19H,7-16H2,1-6H3. The topological polar surface area (TPSA) is 40.2 Å². The van der Waals surface area contributed by atoms with E-state index < -0.39 is 0 Å². The van der Waals surface area contributed by atoms with Crippen molar-refractivity contribution in [2.45, 2.75) is 97.1 Å². The lowest BCUT2D eigenvalue weighted by Crippen LogP contribution is -2.49. The Hall–Kier alpha value is -0.200. The minimum Gasteiger partial charge on any atom is -0.381 e. The largest absolute Gasteiger partial charge is 0.381 e. The van der Waals surface area contributed by atoms with E-state index >= 15 is 0 Å². The fourth-order valence-electron chi connectivity index (χ4n) is 3.40. The first-order chi connectivity index (χ1) is 12.1. The van der Waals surface area contributed by atoms with Crippen LogP contribution < -0.4 is 0 Å². The molecule has 5 nitrogen and oxygen atoms in total. The van der Waals surface area contributed by atoms with Crippen molar-refractivity contribution in [3.63, 3.8) is 0 Å². The molecule has 0 aromatic carbocycles. The van der Waals surface area contributed by atoms with Gasteiger partial charge < -0.3 is 14.2 Å². The third kappa shape index (κ3) is 9.14. The third-order valence-electron chi connectivity index (χ3n) is 4.59. The van der Waals surface area contributed by atoms with Gasteiger partial charge in [-0.2, -0.15) is 5.06 Å². The van der Waals surface area contributed by atoms with Crippen molar-refractivity contribution < 1.29 is 19.0 Å². The van der Waals surface area contributed by atoms with Gasteiger partial charge in [-0.25, -0.2) is 0 Å². The smallest absolute Gasteiger partial charge is 0.0815 e. The summed E-state index contributed by atoms with van der Waals surface area (Å²) in [5.41, 5.74) is -0.114. The van der Waals surface area contributed by atoms with Crippen molar-refractivity contribution in [3.05, 3.63) is 0 Å². The summed E-state index contributed by atoms with van der Waals surface area (Å²) in [5.74, 6) is 0.770. The van der Waals surface area contributed by atoms with E-state index in [2.05, 4.69) is 46.6 Å². The van der Waals surface area contributed by atoms with Gasteiger partial charge >= 0.3 is 0 Å². The highest BCUT2D eigenvalue weighted by Crippen LogP contribution is 2.30. The summed E-state index contributed by atoms with van der Waals surface area (Å²) in [6.45, 7) is 17.2. The van der Waals surface area contributed by atoms with Crippen LogP contribution >= 0.6 is 0 Å². The molecule has 154 valence electrons. The Morgan fingerprint density at radius 3 is 2.08 bits per heavy atom. The van der Waals surface area contributed by atoms with E-state index in [0.717, 1.165) is 64.5 Å². The maximum Gasteiger partial charge on any atom is 0.0815 e. The molecule has 2 rings (SSSR count). The second-order valence-electron chi connectivity index (χ2n) is 9.84. The number of ether oxygens (including phenoxy) is 3. The summed E-state index contributed by atoms with van der Waals surface area (Å²) >= 11 is 0. The minimum absolute atomic E-state index is 0.0408. The highest BCUT2D eigenvalue weighted by atomic mass is 16.7. The first-order valence-corrected chi connectivity index (χ1v) is 10.4. The van der Waals surface area contributed by atoms with Crippen LogP contribution in [0.5, 0.6) is 0 Å². The molecule has 0 unspecified atom stereocenters. The highest BCUT2D eigenvalue weighted by molar-refractivity contribution is 4.83. The number of nitrogens with zero attached hydrogens (tertiary/aromatic N) is 1. The molecule has 0 atom stereocenters. The fourth-order valence-corrected chi connectivity index (χ4v) is 3.40. The van der Waals surface area contributed by atoms with E-state index in [1.165, 1.54) is 6.42 Å². The zero-order chi connectivity index (χ0) is 19.2. The molecule has 26 heavy (non-hydrogen) atoms. The van der Waals surface area contributed by atoms with E-state index in [-0.39, 0.29) is 11.2 Å². The normalized spacial score (nSPS) is 25.2. The Balaban J connectivity index is 1.32. The molecule has 0 spiro atoms. The Labute approximate surface area is 160 Å². The first kappa shape index (κ1) is 22.1. The lowest BCUT2D eigenvalue weighted by molar-refractivity contribution is -0.275. The van der Waals surface area contributed by atoms with Gasteiger partial charge in [-0.3, -0.25) is 4.84 Å². The molecule has 5 heteroatoms. The van der Waals surface area contributed by atoms with Crippen LogP contribution in [0.2, 0.25) is 0 Å². The van der Waals surface area contributed by atoms with Crippen molar-refractivity contribution in [2.24, 2.45) is 5.92 Å². The molecule has 0 amide bonds. The molecular formula is C21H41NO4. The van der Waals surface area contributed by atoms with E-state index in [4.69, 9.17) is 19.0 Å². The van der Waals surface area contributed by atoms with Gasteiger partial charge in [-0.1, -0.05) is 0 Å². The number of hydrogen-bond acceptors (Lipinski definition) is 5. The van der Waals surface area contributed by atoms with Crippen LogP contribution in [0.15, 0.2) is 0 Å². The summed E-state index contributed by atoms with van der Waals surface area (Å²) in [6, 6.07) is 0. The van der Waals surface area contributed by atoms with Crippen molar-refractivity contribution >= 4 is 0 Å². The average molecular weight is 372 g/mol. The maximum atomic E-state index is 5.92. The van der Waals surface area contributed by atoms with E-state index in [1.807, 2.05) is 0 Å². The first-order valence-electron chi connectivity index (χ1n) is 10.4. The molecule has 2 fully saturated rings. The van der Waals surface area contributed by atoms with Gasteiger partial charge in [0.25, 0.3) is 0 Å². The van der Waals surface area contributed by atoms with Crippen LogP contribution in [0, 0.1) is 5.92 Å². The molecular weight excluding hydrogens is 330 g/mol. The molecule has 0 radical (unpaired) electrons. The molecule has 1 heterocycles. The average Bonchev–Trinajstić information content (AvgIpc) is 2.41. The Bertz CT molecular complexity index is 352. The fraction of sp³-hybridized carbons (Fsp3) is 1.00. The lowest BCUT2D eigenvalue weighted by atomic mass is 9.91. The summed E-state index contributed by atoms with van der Waals surface area (Å²) < 4.78 is 17.5. The predicted molar refractivity (Wildman–Crippen MR) is 104 cm³/mol. The molecule has 2 aliphatic rings. The summed E-state index contributed by atoms with van der Waals surface area (Å²) in [6.07, 6.45) is 6.20. The van der Waals surface area contributed by atoms with Gasteiger partial charge in [0.2, 0.25) is 0 Å². The zero-order valence-electron chi connectivity index (χ0n) is 17.9. The van der Waals surface area contributed by atoms with Gasteiger partial charge in [0.15, 0.2) is 0 Å². The van der Waals surface area contributed by atoms with Gasteiger partial charge in [-0.05, 0) is 79.6 Å². The summed E-state index contributed by atoms with van der Waals surface area (Å²) in [5, 5.41) is 2.08. The summed E-state index contributed by atoms with van der Waals surface area (Å²) in [4.78, 5) is 5.82. The Kier molecular flexibility index (Phi) is 8.35. The molecule has 1 saturated carbocycles. The molecule has 0 aromatic heterocycles. The van der Waals surface area contributed by atoms with E-state index in [9.17, 15) is 0 Å². The van der Waals surface area contributed by atoms with E-state index in [1.54, 1.807) is 0 Å². The van der Waals surface area contributed by atoms with Crippen LogP contribution in [0.4, 0.5) is 0 Å². The SMILES string of the molecule is CC(C)(C)OC1CC(OCCCOCCCC2CN(OC(C)(C)C)C2)C1. The van der Waals surface area contributed by atoms with Crippen LogP contribution in [0.25, 0.3) is 0 Å². The second-order valence-corrected chi connectivity index (χ2v) is 9.84. The van der Waals surface area contributed by atoms with Crippen LogP contribution in [0.3, 0.4) is 0 Å². The molecule has 0 aromatic rings. The molecule has 1 saturated heterocycles. The molecule has 1 aliphatic heterocycles. The number of rotatable bonds is 11. The van der Waals surface area contributed by atoms with Gasteiger partial charge in [0, 0.05) is 32.9 Å². The van der Waals surface area contributed by atoms with Gasteiger partial charge in [-0.15, -0.1) is 0 Å². The lowest BCUT2D eigenvalue weighted by Gasteiger charge is -2.41.